The highest BCUT2D eigenvalue weighted by molar-refractivity contribution is 7.13. The van der Waals surface area contributed by atoms with Crippen molar-refractivity contribution in [1.29, 1.82) is 0 Å². The molecule has 176 valence electrons. The van der Waals surface area contributed by atoms with Crippen LogP contribution in [0.1, 0.15) is 34.1 Å². The van der Waals surface area contributed by atoms with Gasteiger partial charge in [-0.2, -0.15) is 0 Å². The molecule has 1 N–H and O–H groups in total. The Balaban J connectivity index is 1.30. The Bertz CT molecular complexity index is 1180. The second-order valence-corrected chi connectivity index (χ2v) is 9.36. The molecule has 3 heterocycles. The van der Waals surface area contributed by atoms with Gasteiger partial charge in [0.05, 0.1) is 18.8 Å². The molecule has 10 heteroatoms. The van der Waals surface area contributed by atoms with Gasteiger partial charge in [-0.05, 0) is 55.7 Å². The van der Waals surface area contributed by atoms with Crippen LogP contribution in [0.25, 0.3) is 0 Å². The molecule has 1 atom stereocenters. The summed E-state index contributed by atoms with van der Waals surface area (Å²) in [5, 5.41) is 11.8. The highest BCUT2D eigenvalue weighted by Crippen LogP contribution is 2.35. The van der Waals surface area contributed by atoms with E-state index in [0.717, 1.165) is 38.0 Å². The highest BCUT2D eigenvalue weighted by Gasteiger charge is 2.34. The molecule has 8 nitrogen and oxygen atoms in total. The van der Waals surface area contributed by atoms with E-state index in [1.165, 1.54) is 35.6 Å². The van der Waals surface area contributed by atoms with E-state index in [9.17, 15) is 14.0 Å². The lowest BCUT2D eigenvalue weighted by molar-refractivity contribution is -0.139. The second kappa shape index (κ2) is 9.76. The van der Waals surface area contributed by atoms with Gasteiger partial charge in [0.15, 0.2) is 6.10 Å². The standard InChI is InChI=1S/C24H24FN5O3S/c25-16-8-10-17(11-9-16)26-22(31)23-28-27-21(34-23)15-30-14-20(24(32)29-12-4-1-5-13-29)33-19-7-3-2-6-18(19)30/h2-3,6-11,20H,1,4-5,12-15H2,(H,26,31). The van der Waals surface area contributed by atoms with Crippen molar-refractivity contribution in [3.63, 3.8) is 0 Å². The Morgan fingerprint density at radius 3 is 2.62 bits per heavy atom. The highest BCUT2D eigenvalue weighted by atomic mass is 32.1. The van der Waals surface area contributed by atoms with Crippen LogP contribution in [0, 0.1) is 5.82 Å². The van der Waals surface area contributed by atoms with E-state index in [2.05, 4.69) is 15.5 Å². The number of piperidine rings is 1. The maximum atomic E-state index is 13.1. The molecule has 0 saturated carbocycles. The number of ether oxygens (including phenoxy) is 1. The lowest BCUT2D eigenvalue weighted by Gasteiger charge is -2.38. The van der Waals surface area contributed by atoms with Gasteiger partial charge in [-0.1, -0.05) is 23.5 Å². The predicted molar refractivity (Wildman–Crippen MR) is 127 cm³/mol. The summed E-state index contributed by atoms with van der Waals surface area (Å²) in [6, 6.07) is 13.1. The molecule has 1 fully saturated rings. The van der Waals surface area contributed by atoms with Crippen LogP contribution < -0.4 is 15.0 Å². The zero-order valence-electron chi connectivity index (χ0n) is 18.4. The molecule has 2 aliphatic rings. The van der Waals surface area contributed by atoms with Crippen molar-refractivity contribution in [1.82, 2.24) is 15.1 Å². The molecule has 1 unspecified atom stereocenters. The third-order valence-corrected chi connectivity index (χ3v) is 6.80. The fourth-order valence-electron chi connectivity index (χ4n) is 4.19. The van der Waals surface area contributed by atoms with Crippen molar-refractivity contribution in [2.45, 2.75) is 31.9 Å². The van der Waals surface area contributed by atoms with E-state index in [1.54, 1.807) is 0 Å². The first kappa shape index (κ1) is 22.3. The number of halogens is 1. The lowest BCUT2D eigenvalue weighted by Crippen LogP contribution is -2.51. The van der Waals surface area contributed by atoms with Crippen molar-refractivity contribution in [3.05, 3.63) is 64.4 Å². The van der Waals surface area contributed by atoms with Crippen molar-refractivity contribution in [2.75, 3.05) is 29.9 Å². The first-order valence-corrected chi connectivity index (χ1v) is 12.1. The summed E-state index contributed by atoms with van der Waals surface area (Å²) in [7, 11) is 0. The topological polar surface area (TPSA) is 87.7 Å². The average Bonchev–Trinajstić information content (AvgIpc) is 3.34. The fraction of sp³-hybridized carbons (Fsp3) is 0.333. The zero-order valence-corrected chi connectivity index (χ0v) is 19.3. The minimum atomic E-state index is -0.595. The number of likely N-dealkylation sites (tertiary alicyclic amines) is 1. The SMILES string of the molecule is O=C(Nc1ccc(F)cc1)c1nnc(CN2CC(C(=O)N3CCCCC3)Oc3ccccc32)s1. The van der Waals surface area contributed by atoms with Gasteiger partial charge in [-0.25, -0.2) is 4.39 Å². The first-order chi connectivity index (χ1) is 16.6. The van der Waals surface area contributed by atoms with Crippen LogP contribution in [0.5, 0.6) is 5.75 Å². The Kier molecular flexibility index (Phi) is 6.39. The third-order valence-electron chi connectivity index (χ3n) is 5.89. The van der Waals surface area contributed by atoms with Crippen LogP contribution in [0.2, 0.25) is 0 Å². The number of nitrogens with zero attached hydrogens (tertiary/aromatic N) is 4. The Hall–Kier alpha value is -3.53. The number of rotatable bonds is 5. The molecule has 0 bridgehead atoms. The molecule has 2 amide bonds. The summed E-state index contributed by atoms with van der Waals surface area (Å²) in [6.07, 6.45) is 2.60. The lowest BCUT2D eigenvalue weighted by atomic mass is 10.1. The average molecular weight is 482 g/mol. The fourth-order valence-corrected chi connectivity index (χ4v) is 4.94. The van der Waals surface area contributed by atoms with Gasteiger partial charge in [-0.15, -0.1) is 10.2 Å². The first-order valence-electron chi connectivity index (χ1n) is 11.3. The van der Waals surface area contributed by atoms with Gasteiger partial charge in [0, 0.05) is 18.8 Å². The normalized spacial score (nSPS) is 17.6. The summed E-state index contributed by atoms with van der Waals surface area (Å²) in [6.45, 7) is 2.32. The molecule has 0 radical (unpaired) electrons. The number of para-hydroxylation sites is 2. The number of nitrogens with one attached hydrogen (secondary N) is 1. The molecule has 34 heavy (non-hydrogen) atoms. The van der Waals surface area contributed by atoms with E-state index in [0.29, 0.717) is 29.5 Å². The Morgan fingerprint density at radius 1 is 1.06 bits per heavy atom. The molecule has 3 aromatic rings. The Morgan fingerprint density at radius 2 is 1.82 bits per heavy atom. The predicted octanol–water partition coefficient (Wildman–Crippen LogP) is 3.71. The molecule has 2 aromatic carbocycles. The maximum absolute atomic E-state index is 13.1. The van der Waals surface area contributed by atoms with Gasteiger partial charge in [0.2, 0.25) is 5.01 Å². The van der Waals surface area contributed by atoms with Gasteiger partial charge in [0.25, 0.3) is 11.8 Å². The van der Waals surface area contributed by atoms with Crippen LogP contribution >= 0.6 is 11.3 Å². The third kappa shape index (κ3) is 4.86. The van der Waals surface area contributed by atoms with Crippen molar-refractivity contribution >= 4 is 34.5 Å². The van der Waals surface area contributed by atoms with Crippen molar-refractivity contribution < 1.29 is 18.7 Å². The van der Waals surface area contributed by atoms with Crippen molar-refractivity contribution in [3.8, 4) is 5.75 Å². The summed E-state index contributed by atoms with van der Waals surface area (Å²) in [4.78, 5) is 29.6. The van der Waals surface area contributed by atoms with E-state index < -0.39 is 12.0 Å². The molecule has 0 spiro atoms. The number of hydrogen-bond acceptors (Lipinski definition) is 7. The van der Waals surface area contributed by atoms with Gasteiger partial charge in [0.1, 0.15) is 16.6 Å². The number of fused-ring (bicyclic) bond motifs is 1. The molecule has 1 aromatic heterocycles. The smallest absolute Gasteiger partial charge is 0.286 e. The molecule has 0 aliphatic carbocycles. The minimum Gasteiger partial charge on any atom is -0.477 e. The number of aromatic nitrogens is 2. The van der Waals surface area contributed by atoms with Gasteiger partial charge in [-0.3, -0.25) is 9.59 Å². The van der Waals surface area contributed by atoms with Crippen LogP contribution in [-0.2, 0) is 11.3 Å². The number of anilines is 2. The summed E-state index contributed by atoms with van der Waals surface area (Å²) < 4.78 is 19.2. The maximum Gasteiger partial charge on any atom is 0.286 e. The van der Waals surface area contributed by atoms with Crippen LogP contribution in [0.4, 0.5) is 15.8 Å². The summed E-state index contributed by atoms with van der Waals surface area (Å²) in [5.74, 6) is -0.117. The largest absolute Gasteiger partial charge is 0.477 e. The van der Waals surface area contributed by atoms with E-state index in [4.69, 9.17) is 4.74 Å². The van der Waals surface area contributed by atoms with Gasteiger partial charge >= 0.3 is 0 Å². The Labute approximate surface area is 200 Å². The quantitative estimate of drug-likeness (QED) is 0.598. The second-order valence-electron chi connectivity index (χ2n) is 8.30. The van der Waals surface area contributed by atoms with Crippen LogP contribution in [-0.4, -0.2) is 52.6 Å². The summed E-state index contributed by atoms with van der Waals surface area (Å²) >= 11 is 1.18. The van der Waals surface area contributed by atoms with Gasteiger partial charge < -0.3 is 19.9 Å². The minimum absolute atomic E-state index is 0.0100. The van der Waals surface area contributed by atoms with Crippen LogP contribution in [0.15, 0.2) is 48.5 Å². The van der Waals surface area contributed by atoms with Crippen molar-refractivity contribution in [2.24, 2.45) is 0 Å². The molecular weight excluding hydrogens is 457 g/mol. The number of hydrogen-bond donors (Lipinski definition) is 1. The zero-order chi connectivity index (χ0) is 23.5. The van der Waals surface area contributed by atoms with E-state index in [-0.39, 0.29) is 16.7 Å². The summed E-state index contributed by atoms with van der Waals surface area (Å²) in [5.41, 5.74) is 1.35. The molecular formula is C24H24FN5O3S. The van der Waals surface area contributed by atoms with E-state index in [1.807, 2.05) is 34.1 Å². The number of carbonyl (C=O) groups excluding carboxylic acids is 2. The molecule has 1 saturated heterocycles. The van der Waals surface area contributed by atoms with Crippen LogP contribution in [0.3, 0.4) is 0 Å². The van der Waals surface area contributed by atoms with E-state index >= 15 is 0 Å². The molecule has 5 rings (SSSR count). The number of benzene rings is 2. The monoisotopic (exact) mass is 481 g/mol. The number of carbonyl (C=O) groups is 2. The number of amides is 2. The molecule has 2 aliphatic heterocycles.